The molecule has 5 N–H and O–H groups in total. The van der Waals surface area contributed by atoms with Gasteiger partial charge in [0.1, 0.15) is 36.9 Å². The average molecular weight is 606 g/mol. The van der Waals surface area contributed by atoms with Gasteiger partial charge in [0.15, 0.2) is 12.5 Å². The van der Waals surface area contributed by atoms with E-state index in [1.807, 2.05) is 11.8 Å². The van der Waals surface area contributed by atoms with E-state index in [4.69, 9.17) is 30.5 Å². The lowest BCUT2D eigenvalue weighted by atomic mass is 10.0. The van der Waals surface area contributed by atoms with Crippen molar-refractivity contribution in [3.8, 4) is 0 Å². The van der Waals surface area contributed by atoms with Crippen LogP contribution in [0, 0.1) is 0 Å². The van der Waals surface area contributed by atoms with Gasteiger partial charge in [-0.15, -0.1) is 11.6 Å². The molecular weight excluding hydrogens is 572 g/mol. The smallest absolute Gasteiger partial charge is 0.315 e. The zero-order valence-corrected chi connectivity index (χ0v) is 23.3. The highest BCUT2D eigenvalue weighted by molar-refractivity contribution is 8.00. The molecule has 5 rings (SSSR count). The van der Waals surface area contributed by atoms with Crippen LogP contribution in [0.1, 0.15) is 43.1 Å². The van der Waals surface area contributed by atoms with Crippen molar-refractivity contribution in [2.24, 2.45) is 0 Å². The molecule has 4 aliphatic heterocycles. The van der Waals surface area contributed by atoms with Crippen LogP contribution in [0.2, 0.25) is 0 Å². The number of ether oxygens (including phenoxy) is 4. The van der Waals surface area contributed by atoms with Crippen LogP contribution >= 0.6 is 23.4 Å². The second-order valence-corrected chi connectivity index (χ2v) is 11.9. The summed E-state index contributed by atoms with van der Waals surface area (Å²) in [5.41, 5.74) is 1.49. The Morgan fingerprint density at radius 3 is 2.70 bits per heavy atom. The molecule has 4 aliphatic rings. The van der Waals surface area contributed by atoms with E-state index >= 15 is 0 Å². The number of halogens is 1. The van der Waals surface area contributed by atoms with Crippen LogP contribution in [0.3, 0.4) is 0 Å². The number of benzene rings is 1. The van der Waals surface area contributed by atoms with Gasteiger partial charge < -0.3 is 45.1 Å². The molecule has 4 heterocycles. The van der Waals surface area contributed by atoms with Crippen molar-refractivity contribution in [3.63, 3.8) is 0 Å². The highest BCUT2D eigenvalue weighted by Gasteiger charge is 2.49. The number of nitrogens with one attached hydrogen (secondary N) is 3. The fourth-order valence-corrected chi connectivity index (χ4v) is 6.98. The summed E-state index contributed by atoms with van der Waals surface area (Å²) in [4.78, 5) is 35.3. The fraction of sp³-hybridized carbons (Fsp3) is 0.654. The summed E-state index contributed by atoms with van der Waals surface area (Å²) in [6, 6.07) is 7.47. The van der Waals surface area contributed by atoms with Gasteiger partial charge in [0.25, 0.3) is 0 Å². The van der Waals surface area contributed by atoms with E-state index in [-0.39, 0.29) is 43.2 Å². The van der Waals surface area contributed by atoms with Crippen molar-refractivity contribution in [1.29, 1.82) is 0 Å². The Morgan fingerprint density at radius 1 is 1.12 bits per heavy atom. The number of urea groups is 1. The predicted octanol–water partition coefficient (Wildman–Crippen LogP) is 0.671. The maximum Gasteiger partial charge on any atom is 0.315 e. The standard InChI is InChI=1S/C26H34ClN3O9S/c27-9-18(31)29-24-22(34)21(33)23-16(38-24)11-37-25(39-23)14-7-5-13(6-8-14)10-36-19(32)4-2-1-3-17-20-15(12-40-17)28-26(35)30-20/h5-8,15-17,20-25,33-34H,1-4,9-12H2,(H,29,31)(H2,28,30,35)/t15-,16+,17-,20-,21+,22+,23?,24+,25?/m0/s1/i11+1,16+1,21+1,22+1,23+1,24+1. The molecule has 0 spiro atoms. The summed E-state index contributed by atoms with van der Waals surface area (Å²) >= 11 is 7.35. The van der Waals surface area contributed by atoms with Crippen molar-refractivity contribution in [1.82, 2.24) is 16.0 Å². The number of rotatable bonds is 10. The Hall–Kier alpha value is -2.13. The zero-order valence-electron chi connectivity index (χ0n) is 21.7. The highest BCUT2D eigenvalue weighted by atomic mass is 35.5. The number of hydrogen-bond donors (Lipinski definition) is 5. The zero-order chi connectivity index (χ0) is 28.2. The number of aliphatic hydroxyl groups excluding tert-OH is 2. The third kappa shape index (κ3) is 6.84. The van der Waals surface area contributed by atoms with Gasteiger partial charge in [0.2, 0.25) is 5.91 Å². The highest BCUT2D eigenvalue weighted by Crippen LogP contribution is 2.34. The van der Waals surface area contributed by atoms with Crippen molar-refractivity contribution >= 4 is 41.3 Å². The van der Waals surface area contributed by atoms with Crippen LogP contribution in [0.5, 0.6) is 0 Å². The molecule has 14 heteroatoms. The van der Waals surface area contributed by atoms with E-state index in [1.54, 1.807) is 24.3 Å². The van der Waals surface area contributed by atoms with Crippen LogP contribution in [-0.4, -0.2) is 94.3 Å². The topological polar surface area (TPSA) is 165 Å². The van der Waals surface area contributed by atoms with E-state index in [2.05, 4.69) is 16.0 Å². The maximum atomic E-state index is 12.2. The first-order valence-electron chi connectivity index (χ1n) is 13.4. The van der Waals surface area contributed by atoms with E-state index in [9.17, 15) is 24.6 Å². The second-order valence-electron chi connectivity index (χ2n) is 10.3. The lowest BCUT2D eigenvalue weighted by molar-refractivity contribution is -0.330. The molecule has 0 aliphatic carbocycles. The molecule has 4 saturated heterocycles. The van der Waals surface area contributed by atoms with Crippen LogP contribution in [0.4, 0.5) is 4.79 Å². The molecule has 0 saturated carbocycles. The van der Waals surface area contributed by atoms with Gasteiger partial charge in [0, 0.05) is 23.0 Å². The van der Waals surface area contributed by atoms with Gasteiger partial charge in [-0.25, -0.2) is 4.79 Å². The summed E-state index contributed by atoms with van der Waals surface area (Å²) < 4.78 is 22.7. The minimum Gasteiger partial charge on any atom is -0.461 e. The summed E-state index contributed by atoms with van der Waals surface area (Å²) in [7, 11) is 0. The number of fused-ring (bicyclic) bond motifs is 2. The number of amides is 3. The van der Waals surface area contributed by atoms with Crippen molar-refractivity contribution in [2.75, 3.05) is 18.2 Å². The summed E-state index contributed by atoms with van der Waals surface area (Å²) in [6.07, 6.45) is -3.26. The number of alkyl halides is 1. The predicted molar refractivity (Wildman–Crippen MR) is 143 cm³/mol. The molecule has 9 atom stereocenters. The molecular formula is C26H34ClN3O9S. The van der Waals surface area contributed by atoms with Gasteiger partial charge in [-0.2, -0.15) is 11.8 Å². The van der Waals surface area contributed by atoms with Crippen molar-refractivity contribution < 1.29 is 43.5 Å². The normalized spacial score (nSPS) is 34.8. The van der Waals surface area contributed by atoms with E-state index in [0.717, 1.165) is 30.6 Å². The maximum absolute atomic E-state index is 12.2. The molecule has 0 radical (unpaired) electrons. The largest absolute Gasteiger partial charge is 0.461 e. The van der Waals surface area contributed by atoms with Crippen molar-refractivity contribution in [3.05, 3.63) is 35.4 Å². The molecule has 40 heavy (non-hydrogen) atoms. The Morgan fingerprint density at radius 2 is 1.93 bits per heavy atom. The molecule has 220 valence electrons. The SMILES string of the molecule is O=C(CCl)N[13C@@H]1O[13C@@H]2[13CH2]OC(c3ccc(COC(=O)CCCC[C@@H]4SC[C@@H]5NC(=O)N[C@@H]54)cc3)O[13CH]2[13C@H](O)[13C@H]1O. The summed E-state index contributed by atoms with van der Waals surface area (Å²) in [5, 5.41) is 29.7. The van der Waals surface area contributed by atoms with E-state index in [1.165, 1.54) is 0 Å². The Kier molecular flexibility index (Phi) is 9.72. The van der Waals surface area contributed by atoms with Gasteiger partial charge >= 0.3 is 12.0 Å². The van der Waals surface area contributed by atoms with Gasteiger partial charge in [-0.05, 0) is 18.4 Å². The average Bonchev–Trinajstić information content (AvgIpc) is 3.52. The first-order chi connectivity index (χ1) is 19.3. The number of hydrogen-bond acceptors (Lipinski definition) is 10. The third-order valence-electron chi connectivity index (χ3n) is 7.51. The molecule has 0 aromatic heterocycles. The van der Waals surface area contributed by atoms with Gasteiger partial charge in [-0.3, -0.25) is 9.59 Å². The Balaban J connectivity index is 1.02. The quantitative estimate of drug-likeness (QED) is 0.0842. The Labute approximate surface area is 240 Å². The number of thioether (sulfide) groups is 1. The minimum atomic E-state index is -1.40. The lowest BCUT2D eigenvalue weighted by Gasteiger charge is -2.46. The van der Waals surface area contributed by atoms with Gasteiger partial charge in [0.05, 0.1) is 18.7 Å². The molecule has 1 aromatic rings. The third-order valence-corrected chi connectivity index (χ3v) is 9.26. The fourth-order valence-electron chi connectivity index (χ4n) is 5.36. The number of carbonyl (C=O) groups is 3. The number of aliphatic hydroxyl groups is 2. The molecule has 12 nitrogen and oxygen atoms in total. The molecule has 3 amide bonds. The van der Waals surface area contributed by atoms with Gasteiger partial charge in [-0.1, -0.05) is 30.7 Å². The molecule has 0 bridgehead atoms. The molecule has 2 unspecified atom stereocenters. The van der Waals surface area contributed by atoms with Crippen LogP contribution in [-0.2, 0) is 35.1 Å². The first kappa shape index (κ1) is 29.4. The summed E-state index contributed by atoms with van der Waals surface area (Å²) in [5.74, 6) is -0.172. The van der Waals surface area contributed by atoms with Crippen LogP contribution < -0.4 is 16.0 Å². The molecule has 1 aromatic carbocycles. The number of unbranched alkanes of at least 4 members (excludes halogenated alkanes) is 1. The Bertz CT molecular complexity index is 1060. The first-order valence-corrected chi connectivity index (χ1v) is 15.0. The summed E-state index contributed by atoms with van der Waals surface area (Å²) in [6.45, 7) is 0.224. The lowest BCUT2D eigenvalue weighted by Crippen LogP contribution is -2.65. The van der Waals surface area contributed by atoms with Crippen LogP contribution in [0.25, 0.3) is 0 Å². The van der Waals surface area contributed by atoms with E-state index in [0.29, 0.717) is 17.2 Å². The van der Waals surface area contributed by atoms with E-state index < -0.39 is 42.8 Å². The monoisotopic (exact) mass is 605 g/mol. The number of carbonyl (C=O) groups excluding carboxylic acids is 3. The number of esters is 1. The minimum absolute atomic E-state index is 0.0813. The molecule has 4 fully saturated rings. The van der Waals surface area contributed by atoms with Crippen LogP contribution in [0.15, 0.2) is 24.3 Å². The van der Waals surface area contributed by atoms with Crippen molar-refractivity contribution in [2.45, 2.75) is 86.6 Å². The second kappa shape index (κ2) is 13.2.